The molecule has 0 aliphatic rings. The predicted molar refractivity (Wildman–Crippen MR) is 80.4 cm³/mol. The zero-order valence-electron chi connectivity index (χ0n) is 12.1. The van der Waals surface area contributed by atoms with Gasteiger partial charge in [-0.1, -0.05) is 0 Å². The smallest absolute Gasteiger partial charge is 0.254 e. The molecule has 0 atom stereocenters. The van der Waals surface area contributed by atoms with Gasteiger partial charge < -0.3 is 10.1 Å². The van der Waals surface area contributed by atoms with Gasteiger partial charge in [0, 0.05) is 18.1 Å². The maximum atomic E-state index is 5.13. The SMILES string of the molecule is COCc1cc(NCc2nc(C)c(C)s2)n2ncnc2n1. The summed E-state index contributed by atoms with van der Waals surface area (Å²) in [5.41, 5.74) is 1.89. The Morgan fingerprint density at radius 2 is 2.19 bits per heavy atom. The summed E-state index contributed by atoms with van der Waals surface area (Å²) in [7, 11) is 1.64. The molecule has 8 heteroatoms. The lowest BCUT2D eigenvalue weighted by Crippen LogP contribution is -2.08. The molecule has 7 nitrogen and oxygen atoms in total. The molecule has 0 aliphatic heterocycles. The lowest BCUT2D eigenvalue weighted by molar-refractivity contribution is 0.181. The second kappa shape index (κ2) is 5.74. The first kappa shape index (κ1) is 13.9. The van der Waals surface area contributed by atoms with Crippen LogP contribution in [0.4, 0.5) is 5.82 Å². The van der Waals surface area contributed by atoms with Gasteiger partial charge in [-0.05, 0) is 13.8 Å². The fraction of sp³-hybridized carbons (Fsp3) is 0.385. The Bertz CT molecular complexity index is 746. The van der Waals surface area contributed by atoms with E-state index in [0.29, 0.717) is 18.9 Å². The van der Waals surface area contributed by atoms with Crippen LogP contribution < -0.4 is 5.32 Å². The van der Waals surface area contributed by atoms with Crippen molar-refractivity contribution in [1.82, 2.24) is 24.6 Å². The van der Waals surface area contributed by atoms with Crippen LogP contribution in [0, 0.1) is 13.8 Å². The summed E-state index contributed by atoms with van der Waals surface area (Å²) >= 11 is 1.70. The van der Waals surface area contributed by atoms with Crippen LogP contribution in [0.15, 0.2) is 12.4 Å². The number of aryl methyl sites for hydroxylation is 2. The fourth-order valence-corrected chi connectivity index (χ4v) is 2.86. The molecule has 0 saturated carbocycles. The summed E-state index contributed by atoms with van der Waals surface area (Å²) in [5, 5.41) is 8.56. The minimum absolute atomic E-state index is 0.438. The zero-order valence-corrected chi connectivity index (χ0v) is 12.9. The molecular weight excluding hydrogens is 288 g/mol. The summed E-state index contributed by atoms with van der Waals surface area (Å²) < 4.78 is 6.81. The normalized spacial score (nSPS) is 11.2. The Morgan fingerprint density at radius 1 is 1.33 bits per heavy atom. The van der Waals surface area contributed by atoms with Crippen molar-refractivity contribution in [3.05, 3.63) is 33.7 Å². The number of fused-ring (bicyclic) bond motifs is 1. The van der Waals surface area contributed by atoms with E-state index in [1.165, 1.54) is 11.2 Å². The van der Waals surface area contributed by atoms with Gasteiger partial charge in [0.1, 0.15) is 17.2 Å². The number of aromatic nitrogens is 5. The van der Waals surface area contributed by atoms with Crippen LogP contribution in [0.3, 0.4) is 0 Å². The van der Waals surface area contributed by atoms with Gasteiger partial charge in [-0.3, -0.25) is 0 Å². The van der Waals surface area contributed by atoms with E-state index in [9.17, 15) is 0 Å². The van der Waals surface area contributed by atoms with Crippen LogP contribution >= 0.6 is 11.3 Å². The Hall–Kier alpha value is -2.06. The Balaban J connectivity index is 1.86. The summed E-state index contributed by atoms with van der Waals surface area (Å²) in [6.45, 7) is 5.18. The first-order valence-corrected chi connectivity index (χ1v) is 7.34. The highest BCUT2D eigenvalue weighted by Crippen LogP contribution is 2.18. The molecule has 0 aromatic carbocycles. The number of nitrogens with one attached hydrogen (secondary N) is 1. The number of hydrogen-bond donors (Lipinski definition) is 1. The van der Waals surface area contributed by atoms with Crippen molar-refractivity contribution in [2.75, 3.05) is 12.4 Å². The largest absolute Gasteiger partial charge is 0.378 e. The molecular formula is C13H16N6OS. The average Bonchev–Trinajstić information content (AvgIpc) is 3.04. The van der Waals surface area contributed by atoms with Gasteiger partial charge >= 0.3 is 0 Å². The summed E-state index contributed by atoms with van der Waals surface area (Å²) in [5.74, 6) is 1.38. The van der Waals surface area contributed by atoms with Crippen molar-refractivity contribution in [1.29, 1.82) is 0 Å². The Morgan fingerprint density at radius 3 is 2.90 bits per heavy atom. The zero-order chi connectivity index (χ0) is 14.8. The Labute approximate surface area is 126 Å². The molecule has 110 valence electrons. The summed E-state index contributed by atoms with van der Waals surface area (Å²) in [6.07, 6.45) is 1.49. The lowest BCUT2D eigenvalue weighted by Gasteiger charge is -2.08. The van der Waals surface area contributed by atoms with Crippen molar-refractivity contribution in [3.8, 4) is 0 Å². The fourth-order valence-electron chi connectivity index (χ4n) is 1.99. The molecule has 3 heterocycles. The maximum absolute atomic E-state index is 5.13. The number of hydrogen-bond acceptors (Lipinski definition) is 7. The number of nitrogens with zero attached hydrogens (tertiary/aromatic N) is 5. The second-order valence-electron chi connectivity index (χ2n) is 4.64. The van der Waals surface area contributed by atoms with E-state index in [4.69, 9.17) is 4.74 Å². The standard InChI is InChI=1S/C13H16N6OS/c1-8-9(2)21-12(17-8)5-14-11-4-10(6-20-3)18-13-15-7-16-19(11)13/h4,7,14H,5-6H2,1-3H3. The van der Waals surface area contributed by atoms with E-state index >= 15 is 0 Å². The van der Waals surface area contributed by atoms with Crippen LogP contribution in [0.1, 0.15) is 21.3 Å². The number of thiazole rings is 1. The van der Waals surface area contributed by atoms with E-state index in [1.807, 2.05) is 13.0 Å². The quantitative estimate of drug-likeness (QED) is 0.776. The molecule has 21 heavy (non-hydrogen) atoms. The molecule has 0 aliphatic carbocycles. The molecule has 0 amide bonds. The van der Waals surface area contributed by atoms with Crippen LogP contribution in [0.25, 0.3) is 5.78 Å². The lowest BCUT2D eigenvalue weighted by atomic mass is 10.4. The van der Waals surface area contributed by atoms with Gasteiger partial charge in [-0.25, -0.2) is 9.97 Å². The third-order valence-corrected chi connectivity index (χ3v) is 4.16. The number of anilines is 1. The average molecular weight is 304 g/mol. The molecule has 0 radical (unpaired) electrons. The minimum Gasteiger partial charge on any atom is -0.378 e. The number of ether oxygens (including phenoxy) is 1. The van der Waals surface area contributed by atoms with Gasteiger partial charge in [0.2, 0.25) is 0 Å². The van der Waals surface area contributed by atoms with Crippen molar-refractivity contribution in [2.24, 2.45) is 0 Å². The Kier molecular flexibility index (Phi) is 3.80. The molecule has 0 spiro atoms. The van der Waals surface area contributed by atoms with E-state index in [0.717, 1.165) is 22.2 Å². The predicted octanol–water partition coefficient (Wildman–Crippen LogP) is 1.96. The van der Waals surface area contributed by atoms with Gasteiger partial charge in [0.05, 0.1) is 24.5 Å². The van der Waals surface area contributed by atoms with Crippen LogP contribution in [-0.2, 0) is 17.9 Å². The molecule has 3 aromatic heterocycles. The molecule has 3 rings (SSSR count). The highest BCUT2D eigenvalue weighted by molar-refractivity contribution is 7.11. The third kappa shape index (κ3) is 2.86. The van der Waals surface area contributed by atoms with Crippen LogP contribution in [0.5, 0.6) is 0 Å². The molecule has 0 bridgehead atoms. The highest BCUT2D eigenvalue weighted by Gasteiger charge is 2.09. The van der Waals surface area contributed by atoms with Crippen LogP contribution in [-0.4, -0.2) is 31.7 Å². The summed E-state index contributed by atoms with van der Waals surface area (Å²) in [4.78, 5) is 14.3. The molecule has 0 unspecified atom stereocenters. The van der Waals surface area contributed by atoms with Gasteiger partial charge in [0.25, 0.3) is 5.78 Å². The first-order valence-electron chi connectivity index (χ1n) is 6.52. The van der Waals surface area contributed by atoms with Crippen molar-refractivity contribution < 1.29 is 4.74 Å². The van der Waals surface area contributed by atoms with E-state index in [1.54, 1.807) is 23.0 Å². The molecule has 3 aromatic rings. The minimum atomic E-state index is 0.438. The topological polar surface area (TPSA) is 77.2 Å². The highest BCUT2D eigenvalue weighted by atomic mass is 32.1. The third-order valence-electron chi connectivity index (χ3n) is 3.09. The van der Waals surface area contributed by atoms with Gasteiger partial charge in [-0.2, -0.15) is 14.6 Å². The first-order chi connectivity index (χ1) is 10.2. The monoisotopic (exact) mass is 304 g/mol. The molecule has 0 fully saturated rings. The van der Waals surface area contributed by atoms with Gasteiger partial charge in [0.15, 0.2) is 0 Å². The van der Waals surface area contributed by atoms with Crippen molar-refractivity contribution in [3.63, 3.8) is 0 Å². The van der Waals surface area contributed by atoms with E-state index in [2.05, 4.69) is 32.3 Å². The number of rotatable bonds is 5. The van der Waals surface area contributed by atoms with E-state index < -0.39 is 0 Å². The summed E-state index contributed by atoms with van der Waals surface area (Å²) in [6, 6.07) is 1.92. The van der Waals surface area contributed by atoms with E-state index in [-0.39, 0.29) is 0 Å². The molecule has 1 N–H and O–H groups in total. The molecule has 0 saturated heterocycles. The van der Waals surface area contributed by atoms with Crippen molar-refractivity contribution in [2.45, 2.75) is 27.0 Å². The number of methoxy groups -OCH3 is 1. The second-order valence-corrected chi connectivity index (χ2v) is 5.93. The van der Waals surface area contributed by atoms with Crippen LogP contribution in [0.2, 0.25) is 0 Å². The van der Waals surface area contributed by atoms with Crippen molar-refractivity contribution >= 4 is 22.9 Å². The maximum Gasteiger partial charge on any atom is 0.254 e. The van der Waals surface area contributed by atoms with Gasteiger partial charge in [-0.15, -0.1) is 11.3 Å².